The Labute approximate surface area is 147 Å². The topological polar surface area (TPSA) is 66.9 Å². The number of para-hydroxylation sites is 1. The van der Waals surface area contributed by atoms with E-state index in [9.17, 15) is 13.2 Å². The number of hydrogen-bond donors (Lipinski definition) is 0. The predicted molar refractivity (Wildman–Crippen MR) is 93.7 cm³/mol. The summed E-state index contributed by atoms with van der Waals surface area (Å²) in [4.78, 5) is 13.5. The number of rotatable bonds is 6. The molecule has 2 aromatic carbocycles. The lowest BCUT2D eigenvalue weighted by atomic mass is 10.3. The molecule has 132 valence electrons. The molecule has 0 amide bonds. The highest BCUT2D eigenvalue weighted by atomic mass is 32.2. The van der Waals surface area contributed by atoms with Crippen molar-refractivity contribution in [1.82, 2.24) is 9.21 Å². The Hall–Kier alpha value is -2.22. The van der Waals surface area contributed by atoms with E-state index in [4.69, 9.17) is 4.74 Å². The third kappa shape index (κ3) is 4.07. The fourth-order valence-corrected chi connectivity index (χ4v) is 4.21. The van der Waals surface area contributed by atoms with E-state index in [1.807, 2.05) is 23.1 Å². The molecule has 1 saturated heterocycles. The standard InChI is InChI=1S/C18H20N2O4S/c21-15-18(24-16-7-3-1-4-8-16)19-11-13-20(14-12-19)25(22,23)17-9-5-2-6-10-17/h1-10,15,18H,11-14H2. The number of carbonyl (C=O) groups is 1. The first-order chi connectivity index (χ1) is 12.1. The summed E-state index contributed by atoms with van der Waals surface area (Å²) in [5, 5.41) is 0. The molecule has 0 spiro atoms. The third-order valence-corrected chi connectivity index (χ3v) is 6.04. The van der Waals surface area contributed by atoms with Crippen molar-refractivity contribution >= 4 is 16.3 Å². The zero-order valence-electron chi connectivity index (χ0n) is 13.7. The van der Waals surface area contributed by atoms with Crippen molar-refractivity contribution in [3.63, 3.8) is 0 Å². The number of nitrogens with zero attached hydrogens (tertiary/aromatic N) is 2. The van der Waals surface area contributed by atoms with Gasteiger partial charge in [0.15, 0.2) is 6.29 Å². The van der Waals surface area contributed by atoms with Crippen LogP contribution in [0.1, 0.15) is 0 Å². The van der Waals surface area contributed by atoms with Crippen molar-refractivity contribution in [1.29, 1.82) is 0 Å². The molecule has 0 radical (unpaired) electrons. The fraction of sp³-hybridized carbons (Fsp3) is 0.278. The van der Waals surface area contributed by atoms with Gasteiger partial charge in [0.25, 0.3) is 0 Å². The molecule has 0 bridgehead atoms. The minimum atomic E-state index is -3.50. The highest BCUT2D eigenvalue weighted by Crippen LogP contribution is 2.19. The molecule has 1 aliphatic rings. The second kappa shape index (κ2) is 7.77. The lowest BCUT2D eigenvalue weighted by molar-refractivity contribution is -0.122. The van der Waals surface area contributed by atoms with E-state index >= 15 is 0 Å². The van der Waals surface area contributed by atoms with Gasteiger partial charge >= 0.3 is 0 Å². The Bertz CT molecular complexity index is 788. The molecular weight excluding hydrogens is 340 g/mol. The van der Waals surface area contributed by atoms with Crippen LogP contribution in [0.5, 0.6) is 5.75 Å². The highest BCUT2D eigenvalue weighted by molar-refractivity contribution is 7.89. The van der Waals surface area contributed by atoms with Crippen LogP contribution in [0.15, 0.2) is 65.6 Å². The number of hydrogen-bond acceptors (Lipinski definition) is 5. The van der Waals surface area contributed by atoms with Crippen LogP contribution >= 0.6 is 0 Å². The molecule has 2 aromatic rings. The van der Waals surface area contributed by atoms with Crippen LogP contribution in [0, 0.1) is 0 Å². The second-order valence-corrected chi connectivity index (χ2v) is 7.65. The molecular formula is C18H20N2O4S. The molecule has 7 heteroatoms. The quantitative estimate of drug-likeness (QED) is 0.732. The normalized spacial score (nSPS) is 17.8. The molecule has 0 aromatic heterocycles. The van der Waals surface area contributed by atoms with Crippen LogP contribution in [-0.2, 0) is 14.8 Å². The minimum Gasteiger partial charge on any atom is -0.468 e. The molecule has 6 nitrogen and oxygen atoms in total. The van der Waals surface area contributed by atoms with Crippen molar-refractivity contribution in [2.45, 2.75) is 11.1 Å². The Morgan fingerprint density at radius 3 is 2.00 bits per heavy atom. The van der Waals surface area contributed by atoms with Crippen LogP contribution < -0.4 is 4.74 Å². The smallest absolute Gasteiger partial charge is 0.243 e. The fourth-order valence-electron chi connectivity index (χ4n) is 2.77. The number of piperazine rings is 1. The lowest BCUT2D eigenvalue weighted by Gasteiger charge is -2.36. The SMILES string of the molecule is O=CC(Oc1ccccc1)N1CCN(S(=O)(=O)c2ccccc2)CC1. The van der Waals surface area contributed by atoms with E-state index in [0.29, 0.717) is 31.9 Å². The van der Waals surface area contributed by atoms with Gasteiger partial charge in [-0.3, -0.25) is 9.69 Å². The summed E-state index contributed by atoms with van der Waals surface area (Å²) in [6.45, 7) is 1.50. The van der Waals surface area contributed by atoms with Gasteiger partial charge in [-0.2, -0.15) is 4.31 Å². The zero-order valence-corrected chi connectivity index (χ0v) is 14.5. The van der Waals surface area contributed by atoms with Gasteiger partial charge < -0.3 is 4.74 Å². The van der Waals surface area contributed by atoms with E-state index in [1.165, 1.54) is 4.31 Å². The molecule has 0 aliphatic carbocycles. The van der Waals surface area contributed by atoms with Gasteiger partial charge in [0.1, 0.15) is 5.75 Å². The summed E-state index contributed by atoms with van der Waals surface area (Å²) in [6, 6.07) is 17.5. The van der Waals surface area contributed by atoms with Crippen molar-refractivity contribution in [3.05, 3.63) is 60.7 Å². The summed E-state index contributed by atoms with van der Waals surface area (Å²) >= 11 is 0. The summed E-state index contributed by atoms with van der Waals surface area (Å²) in [5.41, 5.74) is 0. The molecule has 1 fully saturated rings. The number of aldehydes is 1. The van der Waals surface area contributed by atoms with E-state index < -0.39 is 16.3 Å². The van der Waals surface area contributed by atoms with E-state index in [-0.39, 0.29) is 4.90 Å². The van der Waals surface area contributed by atoms with E-state index in [1.54, 1.807) is 42.5 Å². The molecule has 1 heterocycles. The molecule has 3 rings (SSSR count). The van der Waals surface area contributed by atoms with Gasteiger partial charge in [0.05, 0.1) is 4.90 Å². The predicted octanol–water partition coefficient (Wildman–Crippen LogP) is 1.60. The van der Waals surface area contributed by atoms with Gasteiger partial charge in [0, 0.05) is 26.2 Å². The summed E-state index contributed by atoms with van der Waals surface area (Å²) in [6.07, 6.45) is 0.0259. The number of carbonyl (C=O) groups excluding carboxylic acids is 1. The van der Waals surface area contributed by atoms with Crippen LogP contribution in [-0.4, -0.2) is 56.3 Å². The van der Waals surface area contributed by atoms with Gasteiger partial charge in [0.2, 0.25) is 16.3 Å². The summed E-state index contributed by atoms with van der Waals surface area (Å²) in [5.74, 6) is 0.610. The van der Waals surface area contributed by atoms with Gasteiger partial charge in [-0.1, -0.05) is 36.4 Å². The Balaban J connectivity index is 1.64. The van der Waals surface area contributed by atoms with Gasteiger partial charge in [-0.25, -0.2) is 8.42 Å². The molecule has 0 saturated carbocycles. The van der Waals surface area contributed by atoms with E-state index in [0.717, 1.165) is 6.29 Å². The molecule has 25 heavy (non-hydrogen) atoms. The van der Waals surface area contributed by atoms with Crippen molar-refractivity contribution in [2.24, 2.45) is 0 Å². The summed E-state index contributed by atoms with van der Waals surface area (Å²) in [7, 11) is -3.50. The van der Waals surface area contributed by atoms with Crippen molar-refractivity contribution in [2.75, 3.05) is 26.2 Å². The second-order valence-electron chi connectivity index (χ2n) is 5.71. The van der Waals surface area contributed by atoms with Gasteiger partial charge in [-0.15, -0.1) is 0 Å². The monoisotopic (exact) mass is 360 g/mol. The third-order valence-electron chi connectivity index (χ3n) is 4.13. The number of sulfonamides is 1. The van der Waals surface area contributed by atoms with E-state index in [2.05, 4.69) is 0 Å². The summed E-state index contributed by atoms with van der Waals surface area (Å²) < 4.78 is 32.4. The van der Waals surface area contributed by atoms with Crippen molar-refractivity contribution in [3.8, 4) is 5.75 Å². The average Bonchev–Trinajstić information content (AvgIpc) is 2.68. The van der Waals surface area contributed by atoms with Crippen LogP contribution in [0.3, 0.4) is 0 Å². The number of benzene rings is 2. The first-order valence-electron chi connectivity index (χ1n) is 8.07. The first kappa shape index (κ1) is 17.6. The Morgan fingerprint density at radius 2 is 1.44 bits per heavy atom. The molecule has 1 atom stereocenters. The van der Waals surface area contributed by atoms with Crippen LogP contribution in [0.2, 0.25) is 0 Å². The van der Waals surface area contributed by atoms with Crippen molar-refractivity contribution < 1.29 is 17.9 Å². The first-order valence-corrected chi connectivity index (χ1v) is 9.51. The maximum absolute atomic E-state index is 12.6. The molecule has 1 aliphatic heterocycles. The maximum Gasteiger partial charge on any atom is 0.243 e. The van der Waals surface area contributed by atoms with Crippen LogP contribution in [0.25, 0.3) is 0 Å². The highest BCUT2D eigenvalue weighted by Gasteiger charge is 2.31. The zero-order chi connectivity index (χ0) is 17.7. The molecule has 0 N–H and O–H groups in total. The van der Waals surface area contributed by atoms with Gasteiger partial charge in [-0.05, 0) is 24.3 Å². The minimum absolute atomic E-state index is 0.288. The largest absolute Gasteiger partial charge is 0.468 e. The average molecular weight is 360 g/mol. The Morgan fingerprint density at radius 1 is 0.880 bits per heavy atom. The number of ether oxygens (including phenoxy) is 1. The molecule has 1 unspecified atom stereocenters. The van der Waals surface area contributed by atoms with Crippen LogP contribution in [0.4, 0.5) is 0 Å². The maximum atomic E-state index is 12.6. The lowest BCUT2D eigenvalue weighted by Crippen LogP contribution is -2.53. The Kier molecular flexibility index (Phi) is 5.47.